The van der Waals surface area contributed by atoms with Crippen LogP contribution in [0.2, 0.25) is 0 Å². The van der Waals surface area contributed by atoms with Crippen LogP contribution in [0.4, 0.5) is 0 Å². The lowest BCUT2D eigenvalue weighted by molar-refractivity contribution is -0.134. The zero-order valence-electron chi connectivity index (χ0n) is 16.6. The summed E-state index contributed by atoms with van der Waals surface area (Å²) in [4.78, 5) is 20.5. The Kier molecular flexibility index (Phi) is 7.88. The summed E-state index contributed by atoms with van der Waals surface area (Å²) in [7, 11) is 0. The van der Waals surface area contributed by atoms with E-state index in [0.29, 0.717) is 11.1 Å². The van der Waals surface area contributed by atoms with Crippen molar-refractivity contribution in [3.8, 4) is 11.1 Å². The summed E-state index contributed by atoms with van der Waals surface area (Å²) in [6.07, 6.45) is 1.62. The standard InChI is InChI=1S/C22H20N2O2.C2H4O2/c23-21(24)17-13-10-15(11-14-17)9-12-16-5-1-2-6-18(16)19-7-3-4-8-20(19)22(25)26;1-2(3)4/h1-8,10-11,13-14H,9,12H2,(H3,23,24)(H,25,26);1H3,(H,3,4). The van der Waals surface area contributed by atoms with Gasteiger partial charge in [0.25, 0.3) is 5.97 Å². The van der Waals surface area contributed by atoms with Crippen LogP contribution < -0.4 is 5.73 Å². The van der Waals surface area contributed by atoms with Gasteiger partial charge in [0.05, 0.1) is 5.56 Å². The summed E-state index contributed by atoms with van der Waals surface area (Å²) in [5.74, 6) is -1.69. The lowest BCUT2D eigenvalue weighted by Gasteiger charge is -2.12. The molecular formula is C24H24N2O4. The molecule has 0 saturated heterocycles. The molecular weight excluding hydrogens is 380 g/mol. The summed E-state index contributed by atoms with van der Waals surface area (Å²) in [5, 5.41) is 24.3. The Morgan fingerprint density at radius 2 is 1.37 bits per heavy atom. The number of amidine groups is 1. The van der Waals surface area contributed by atoms with Crippen molar-refractivity contribution in [3.05, 3.63) is 95.1 Å². The number of nitrogens with two attached hydrogens (primary N) is 1. The molecule has 5 N–H and O–H groups in total. The monoisotopic (exact) mass is 404 g/mol. The number of aromatic carboxylic acids is 1. The fraction of sp³-hybridized carbons (Fsp3) is 0.125. The van der Waals surface area contributed by atoms with Gasteiger partial charge < -0.3 is 15.9 Å². The van der Waals surface area contributed by atoms with E-state index in [2.05, 4.69) is 0 Å². The highest BCUT2D eigenvalue weighted by Crippen LogP contribution is 2.28. The van der Waals surface area contributed by atoms with Gasteiger partial charge in [-0.25, -0.2) is 4.79 Å². The van der Waals surface area contributed by atoms with Crippen LogP contribution in [0.1, 0.15) is 34.0 Å². The van der Waals surface area contributed by atoms with Crippen LogP contribution in [0.3, 0.4) is 0 Å². The van der Waals surface area contributed by atoms with Crippen LogP contribution >= 0.6 is 0 Å². The van der Waals surface area contributed by atoms with Gasteiger partial charge in [0.15, 0.2) is 0 Å². The van der Waals surface area contributed by atoms with E-state index in [-0.39, 0.29) is 5.84 Å². The highest BCUT2D eigenvalue weighted by Gasteiger charge is 2.13. The molecule has 0 aromatic heterocycles. The molecule has 0 aliphatic heterocycles. The summed E-state index contributed by atoms with van der Waals surface area (Å²) in [5.41, 5.74) is 10.5. The molecule has 3 aromatic rings. The zero-order valence-corrected chi connectivity index (χ0v) is 16.6. The Hall–Kier alpha value is -3.93. The second-order valence-electron chi connectivity index (χ2n) is 6.64. The lowest BCUT2D eigenvalue weighted by atomic mass is 9.92. The number of carboxylic acids is 2. The van der Waals surface area contributed by atoms with Gasteiger partial charge in [0, 0.05) is 12.5 Å². The van der Waals surface area contributed by atoms with E-state index >= 15 is 0 Å². The number of aryl methyl sites for hydroxylation is 2. The van der Waals surface area contributed by atoms with Gasteiger partial charge in [-0.15, -0.1) is 0 Å². The van der Waals surface area contributed by atoms with E-state index in [0.717, 1.165) is 42.0 Å². The van der Waals surface area contributed by atoms with Crippen LogP contribution in [-0.4, -0.2) is 28.0 Å². The molecule has 0 heterocycles. The molecule has 0 saturated carbocycles. The van der Waals surface area contributed by atoms with E-state index < -0.39 is 11.9 Å². The first-order valence-corrected chi connectivity index (χ1v) is 9.33. The van der Waals surface area contributed by atoms with Gasteiger partial charge in [-0.3, -0.25) is 10.2 Å². The average molecular weight is 404 g/mol. The van der Waals surface area contributed by atoms with Crippen molar-refractivity contribution in [2.45, 2.75) is 19.8 Å². The SMILES string of the molecule is CC(=O)O.N=C(N)c1ccc(CCc2ccccc2-c2ccccc2C(=O)O)cc1. The van der Waals surface area contributed by atoms with E-state index in [1.165, 1.54) is 0 Å². The average Bonchev–Trinajstić information content (AvgIpc) is 2.72. The quantitative estimate of drug-likeness (QED) is 0.362. The van der Waals surface area contributed by atoms with Crippen molar-refractivity contribution < 1.29 is 19.8 Å². The minimum Gasteiger partial charge on any atom is -0.481 e. The maximum Gasteiger partial charge on any atom is 0.336 e. The van der Waals surface area contributed by atoms with E-state index in [4.69, 9.17) is 21.0 Å². The van der Waals surface area contributed by atoms with E-state index in [1.54, 1.807) is 12.1 Å². The Morgan fingerprint density at radius 1 is 0.833 bits per heavy atom. The molecule has 0 unspecified atom stereocenters. The molecule has 0 aliphatic carbocycles. The molecule has 154 valence electrons. The second kappa shape index (κ2) is 10.6. The molecule has 6 heteroatoms. The van der Waals surface area contributed by atoms with Crippen molar-refractivity contribution in [2.75, 3.05) is 0 Å². The van der Waals surface area contributed by atoms with Gasteiger partial charge >= 0.3 is 5.97 Å². The normalized spacial score (nSPS) is 9.90. The largest absolute Gasteiger partial charge is 0.481 e. The Morgan fingerprint density at radius 3 is 1.93 bits per heavy atom. The minimum absolute atomic E-state index is 0.0622. The highest BCUT2D eigenvalue weighted by molar-refractivity contribution is 5.96. The van der Waals surface area contributed by atoms with Crippen LogP contribution in [0, 0.1) is 5.41 Å². The van der Waals surface area contributed by atoms with Crippen LogP contribution in [-0.2, 0) is 17.6 Å². The fourth-order valence-electron chi connectivity index (χ4n) is 3.04. The van der Waals surface area contributed by atoms with Crippen molar-refractivity contribution >= 4 is 17.8 Å². The second-order valence-corrected chi connectivity index (χ2v) is 6.64. The van der Waals surface area contributed by atoms with Gasteiger partial charge in [0.1, 0.15) is 5.84 Å². The van der Waals surface area contributed by atoms with Crippen molar-refractivity contribution in [1.82, 2.24) is 0 Å². The molecule has 0 fully saturated rings. The number of carbonyl (C=O) groups is 2. The van der Waals surface area contributed by atoms with E-state index in [1.807, 2.05) is 60.7 Å². The summed E-state index contributed by atoms with van der Waals surface area (Å²) >= 11 is 0. The molecule has 0 amide bonds. The molecule has 0 aliphatic rings. The number of nitrogen functional groups attached to an aromatic ring is 1. The summed E-state index contributed by atoms with van der Waals surface area (Å²) in [6, 6.07) is 22.7. The zero-order chi connectivity index (χ0) is 22.1. The smallest absolute Gasteiger partial charge is 0.336 e. The molecule has 3 rings (SSSR count). The van der Waals surface area contributed by atoms with E-state index in [9.17, 15) is 9.90 Å². The maximum atomic E-state index is 11.5. The number of rotatable bonds is 6. The molecule has 3 aromatic carbocycles. The lowest BCUT2D eigenvalue weighted by Crippen LogP contribution is -2.10. The number of nitrogens with one attached hydrogen (secondary N) is 1. The first-order valence-electron chi connectivity index (χ1n) is 9.33. The molecule has 0 spiro atoms. The summed E-state index contributed by atoms with van der Waals surface area (Å²) < 4.78 is 0. The number of carboxylic acid groups (broad SMARTS) is 2. The molecule has 6 nitrogen and oxygen atoms in total. The highest BCUT2D eigenvalue weighted by atomic mass is 16.4. The topological polar surface area (TPSA) is 124 Å². The fourth-order valence-corrected chi connectivity index (χ4v) is 3.04. The first-order chi connectivity index (χ1) is 14.3. The van der Waals surface area contributed by atoms with Crippen molar-refractivity contribution in [2.24, 2.45) is 5.73 Å². The van der Waals surface area contributed by atoms with Crippen LogP contribution in [0.15, 0.2) is 72.8 Å². The van der Waals surface area contributed by atoms with Gasteiger partial charge in [-0.1, -0.05) is 66.7 Å². The Labute approximate surface area is 175 Å². The van der Waals surface area contributed by atoms with Crippen molar-refractivity contribution in [1.29, 1.82) is 5.41 Å². The third kappa shape index (κ3) is 6.31. The van der Waals surface area contributed by atoms with Gasteiger partial charge in [-0.2, -0.15) is 0 Å². The molecule has 0 radical (unpaired) electrons. The van der Waals surface area contributed by atoms with Crippen molar-refractivity contribution in [3.63, 3.8) is 0 Å². The van der Waals surface area contributed by atoms with Gasteiger partial charge in [0.2, 0.25) is 0 Å². The molecule has 0 atom stereocenters. The third-order valence-electron chi connectivity index (χ3n) is 4.41. The van der Waals surface area contributed by atoms with Crippen LogP contribution in [0.25, 0.3) is 11.1 Å². The molecule has 30 heavy (non-hydrogen) atoms. The number of aliphatic carboxylic acids is 1. The molecule has 0 bridgehead atoms. The van der Waals surface area contributed by atoms with Gasteiger partial charge in [-0.05, 0) is 41.2 Å². The number of hydrogen-bond acceptors (Lipinski definition) is 3. The number of hydrogen-bond donors (Lipinski definition) is 4. The predicted molar refractivity (Wildman–Crippen MR) is 117 cm³/mol. The first kappa shape index (κ1) is 22.4. The minimum atomic E-state index is -0.921. The Balaban J connectivity index is 0.000000735. The summed E-state index contributed by atoms with van der Waals surface area (Å²) in [6.45, 7) is 1.08. The predicted octanol–water partition coefficient (Wildman–Crippen LogP) is 4.21. The van der Waals surface area contributed by atoms with Crippen LogP contribution in [0.5, 0.6) is 0 Å². The third-order valence-corrected chi connectivity index (χ3v) is 4.41. The maximum absolute atomic E-state index is 11.5. The number of benzene rings is 3. The Bertz CT molecular complexity index is 1040.